The fourth-order valence-corrected chi connectivity index (χ4v) is 3.99. The molecule has 2 rings (SSSR count). The predicted molar refractivity (Wildman–Crippen MR) is 100 cm³/mol. The zero-order valence-electron chi connectivity index (χ0n) is 16.7. The first-order chi connectivity index (χ1) is 11.7. The molecule has 1 heterocycles. The fraction of sp³-hybridized carbons (Fsp3) is 0.619. The van der Waals surface area contributed by atoms with Crippen molar-refractivity contribution < 1.29 is 14.3 Å². The molecule has 1 amide bonds. The molecule has 0 aliphatic carbocycles. The molecule has 4 nitrogen and oxygen atoms in total. The number of rotatable bonds is 3. The Bertz CT molecular complexity index is 654. The summed E-state index contributed by atoms with van der Waals surface area (Å²) in [6, 6.07) is 0.421. The summed E-state index contributed by atoms with van der Waals surface area (Å²) in [5, 5.41) is 0. The van der Waals surface area contributed by atoms with E-state index in [1.165, 1.54) is 5.56 Å². The number of carbonyl (C=O) groups excluding carboxylic acids is 2. The minimum Gasteiger partial charge on any atom is -0.452 e. The van der Waals surface area contributed by atoms with Crippen molar-refractivity contribution in [2.75, 3.05) is 6.61 Å². The van der Waals surface area contributed by atoms with E-state index in [0.29, 0.717) is 5.56 Å². The Labute approximate surface area is 151 Å². The van der Waals surface area contributed by atoms with Gasteiger partial charge in [-0.15, -0.1) is 0 Å². The first-order valence-corrected chi connectivity index (χ1v) is 9.22. The minimum absolute atomic E-state index is 0.0936. The highest BCUT2D eigenvalue weighted by atomic mass is 16.5. The van der Waals surface area contributed by atoms with Crippen LogP contribution in [0.1, 0.15) is 71.3 Å². The molecular formula is C21H31NO3. The molecule has 0 saturated carbocycles. The maximum absolute atomic E-state index is 12.7. The van der Waals surface area contributed by atoms with Crippen molar-refractivity contribution in [3.8, 4) is 0 Å². The van der Waals surface area contributed by atoms with Crippen molar-refractivity contribution in [1.82, 2.24) is 4.90 Å². The van der Waals surface area contributed by atoms with E-state index >= 15 is 0 Å². The third-order valence-electron chi connectivity index (χ3n) is 6.01. The lowest BCUT2D eigenvalue weighted by Crippen LogP contribution is -2.49. The van der Waals surface area contributed by atoms with Crippen LogP contribution in [-0.2, 0) is 9.53 Å². The first kappa shape index (κ1) is 19.5. The lowest BCUT2D eigenvalue weighted by molar-refractivity contribution is -0.140. The number of nitrogens with zero attached hydrogens (tertiary/aromatic N) is 1. The molecule has 2 atom stereocenters. The van der Waals surface area contributed by atoms with E-state index in [1.807, 2.05) is 32.6 Å². The molecule has 0 unspecified atom stereocenters. The number of piperidine rings is 1. The Morgan fingerprint density at radius 3 is 1.80 bits per heavy atom. The van der Waals surface area contributed by atoms with Gasteiger partial charge in [-0.25, -0.2) is 4.79 Å². The van der Waals surface area contributed by atoms with Crippen molar-refractivity contribution in [2.45, 2.75) is 79.8 Å². The van der Waals surface area contributed by atoms with Gasteiger partial charge in [0.05, 0.1) is 5.56 Å². The van der Waals surface area contributed by atoms with Crippen molar-refractivity contribution in [1.29, 1.82) is 0 Å². The van der Waals surface area contributed by atoms with Gasteiger partial charge in [-0.2, -0.15) is 0 Å². The number of ether oxygens (including phenoxy) is 1. The van der Waals surface area contributed by atoms with Crippen LogP contribution >= 0.6 is 0 Å². The minimum atomic E-state index is -0.396. The standard InChI is InChI=1S/C21H31NO3/c1-12-9-8-10-13(2)22(12)19(23)11-25-21(24)20-17(6)15(4)14(3)16(5)18(20)7/h12-13H,8-11H2,1-7H3/t12-,13+. The van der Waals surface area contributed by atoms with Gasteiger partial charge in [0.15, 0.2) is 6.61 Å². The van der Waals surface area contributed by atoms with Crippen LogP contribution in [-0.4, -0.2) is 35.5 Å². The highest BCUT2D eigenvalue weighted by molar-refractivity contribution is 5.95. The Morgan fingerprint density at radius 2 is 1.32 bits per heavy atom. The number of hydrogen-bond acceptors (Lipinski definition) is 3. The van der Waals surface area contributed by atoms with Crippen LogP contribution in [0.25, 0.3) is 0 Å². The molecule has 0 N–H and O–H groups in total. The second-order valence-electron chi connectivity index (χ2n) is 7.51. The largest absolute Gasteiger partial charge is 0.452 e. The average Bonchev–Trinajstić information content (AvgIpc) is 2.56. The summed E-state index contributed by atoms with van der Waals surface area (Å²) in [5.41, 5.74) is 5.92. The monoisotopic (exact) mass is 345 g/mol. The van der Waals surface area contributed by atoms with Gasteiger partial charge in [-0.05, 0) is 95.5 Å². The number of esters is 1. The predicted octanol–water partition coefficient (Wildman–Crippen LogP) is 4.18. The molecule has 0 bridgehead atoms. The quantitative estimate of drug-likeness (QED) is 0.772. The van der Waals surface area contributed by atoms with Crippen molar-refractivity contribution in [2.24, 2.45) is 0 Å². The second-order valence-corrected chi connectivity index (χ2v) is 7.51. The van der Waals surface area contributed by atoms with E-state index in [9.17, 15) is 9.59 Å². The summed E-state index contributed by atoms with van der Waals surface area (Å²) in [4.78, 5) is 27.1. The van der Waals surface area contributed by atoms with Crippen molar-refractivity contribution in [3.63, 3.8) is 0 Å². The van der Waals surface area contributed by atoms with Crippen LogP contribution in [0, 0.1) is 34.6 Å². The Hall–Kier alpha value is -1.84. The number of amides is 1. The number of carbonyl (C=O) groups is 2. The van der Waals surface area contributed by atoms with E-state index in [-0.39, 0.29) is 24.6 Å². The smallest absolute Gasteiger partial charge is 0.339 e. The van der Waals surface area contributed by atoms with Crippen LogP contribution in [0.5, 0.6) is 0 Å². The SMILES string of the molecule is Cc1c(C)c(C)c(C(=O)OCC(=O)N2[C@H](C)CCC[C@@H]2C)c(C)c1C. The molecule has 1 saturated heterocycles. The summed E-state index contributed by atoms with van der Waals surface area (Å²) in [7, 11) is 0. The number of likely N-dealkylation sites (tertiary alicyclic amines) is 1. The van der Waals surface area contributed by atoms with Gasteiger partial charge in [0, 0.05) is 12.1 Å². The zero-order valence-corrected chi connectivity index (χ0v) is 16.7. The lowest BCUT2D eigenvalue weighted by Gasteiger charge is -2.38. The van der Waals surface area contributed by atoms with Crippen LogP contribution in [0.3, 0.4) is 0 Å². The Kier molecular flexibility index (Phi) is 5.91. The van der Waals surface area contributed by atoms with Crippen molar-refractivity contribution >= 4 is 11.9 Å². The number of hydrogen-bond donors (Lipinski definition) is 0. The van der Waals surface area contributed by atoms with Gasteiger partial charge >= 0.3 is 5.97 Å². The molecule has 0 radical (unpaired) electrons. The second kappa shape index (κ2) is 7.59. The summed E-state index contributed by atoms with van der Waals surface area (Å²) >= 11 is 0. The molecular weight excluding hydrogens is 314 g/mol. The van der Waals surface area contributed by atoms with Gasteiger partial charge in [0.2, 0.25) is 0 Å². The molecule has 4 heteroatoms. The molecule has 0 spiro atoms. The normalized spacial score (nSPS) is 20.5. The Morgan fingerprint density at radius 1 is 0.880 bits per heavy atom. The van der Waals surface area contributed by atoms with Crippen LogP contribution in [0.15, 0.2) is 0 Å². The van der Waals surface area contributed by atoms with E-state index in [0.717, 1.165) is 41.5 Å². The third kappa shape index (κ3) is 3.73. The molecule has 1 aromatic carbocycles. The third-order valence-corrected chi connectivity index (χ3v) is 6.01. The number of benzene rings is 1. The first-order valence-electron chi connectivity index (χ1n) is 9.22. The maximum atomic E-state index is 12.7. The zero-order chi connectivity index (χ0) is 18.9. The van der Waals surface area contributed by atoms with E-state index in [2.05, 4.69) is 20.8 Å². The molecule has 1 aliphatic heterocycles. The molecule has 1 aromatic rings. The van der Waals surface area contributed by atoms with Crippen LogP contribution in [0.2, 0.25) is 0 Å². The Balaban J connectivity index is 2.14. The topological polar surface area (TPSA) is 46.6 Å². The van der Waals surface area contributed by atoms with Crippen LogP contribution < -0.4 is 0 Å². The highest BCUT2D eigenvalue weighted by Crippen LogP contribution is 2.27. The van der Waals surface area contributed by atoms with E-state index < -0.39 is 5.97 Å². The maximum Gasteiger partial charge on any atom is 0.339 e. The van der Waals surface area contributed by atoms with Gasteiger partial charge < -0.3 is 9.64 Å². The van der Waals surface area contributed by atoms with Gasteiger partial charge in [-0.1, -0.05) is 0 Å². The van der Waals surface area contributed by atoms with E-state index in [1.54, 1.807) is 0 Å². The summed E-state index contributed by atoms with van der Waals surface area (Å²) in [6.07, 6.45) is 3.17. The van der Waals surface area contributed by atoms with Gasteiger partial charge in [0.25, 0.3) is 5.91 Å². The summed E-state index contributed by atoms with van der Waals surface area (Å²) < 4.78 is 5.42. The summed E-state index contributed by atoms with van der Waals surface area (Å²) in [5.74, 6) is -0.490. The lowest BCUT2D eigenvalue weighted by atomic mass is 9.90. The molecule has 1 aliphatic rings. The molecule has 0 aromatic heterocycles. The van der Waals surface area contributed by atoms with E-state index in [4.69, 9.17) is 4.74 Å². The molecule has 25 heavy (non-hydrogen) atoms. The molecule has 138 valence electrons. The highest BCUT2D eigenvalue weighted by Gasteiger charge is 2.30. The summed E-state index contributed by atoms with van der Waals surface area (Å²) in [6.45, 7) is 14.0. The van der Waals surface area contributed by atoms with Gasteiger partial charge in [0.1, 0.15) is 0 Å². The average molecular weight is 345 g/mol. The van der Waals surface area contributed by atoms with Crippen LogP contribution in [0.4, 0.5) is 0 Å². The molecule has 1 fully saturated rings. The fourth-order valence-electron chi connectivity index (χ4n) is 3.99. The van der Waals surface area contributed by atoms with Gasteiger partial charge in [-0.3, -0.25) is 4.79 Å². The van der Waals surface area contributed by atoms with Crippen molar-refractivity contribution in [3.05, 3.63) is 33.4 Å².